The van der Waals surface area contributed by atoms with Gasteiger partial charge in [-0.25, -0.2) is 4.57 Å². The van der Waals surface area contributed by atoms with Gasteiger partial charge in [-0.3, -0.25) is 18.6 Å². The lowest BCUT2D eigenvalue weighted by atomic mass is 10.1. The fourth-order valence-electron chi connectivity index (χ4n) is 5.37. The van der Waals surface area contributed by atoms with Crippen LogP contribution in [-0.2, 0) is 32.7 Å². The minimum Gasteiger partial charge on any atom is -0.462 e. The number of hydrogen-bond donors (Lipinski definition) is 1. The highest BCUT2D eigenvalue weighted by Gasteiger charge is 2.27. The molecule has 0 aliphatic rings. The minimum absolute atomic E-state index is 0.00956. The van der Waals surface area contributed by atoms with Crippen LogP contribution < -0.4 is 0 Å². The number of phosphoric ester groups is 1. The van der Waals surface area contributed by atoms with Crippen molar-refractivity contribution in [3.8, 4) is 0 Å². The summed E-state index contributed by atoms with van der Waals surface area (Å²) < 4.78 is 34.2. The Hall–Kier alpha value is -2.81. The van der Waals surface area contributed by atoms with Crippen molar-refractivity contribution < 1.29 is 42.1 Å². The molecule has 0 aromatic heterocycles. The third kappa shape index (κ3) is 42.8. The molecule has 0 aliphatic carbocycles. The molecule has 0 amide bonds. The summed E-state index contributed by atoms with van der Waals surface area (Å²) in [5.41, 5.74) is 0. The summed E-state index contributed by atoms with van der Waals surface area (Å²) >= 11 is 0. The molecule has 0 aromatic rings. The number of nitrogens with zero attached hydrogens (tertiary/aromatic N) is 1. The molecule has 0 fully saturated rings. The van der Waals surface area contributed by atoms with Crippen molar-refractivity contribution in [2.45, 2.75) is 161 Å². The molecule has 0 heterocycles. The van der Waals surface area contributed by atoms with Crippen molar-refractivity contribution >= 4 is 19.8 Å². The van der Waals surface area contributed by atoms with Crippen molar-refractivity contribution in [1.29, 1.82) is 0 Å². The Balaban J connectivity index is 4.55. The number of allylic oxidation sites excluding steroid dienone is 14. The van der Waals surface area contributed by atoms with Crippen molar-refractivity contribution in [2.24, 2.45) is 0 Å². The number of hydrogen-bond acceptors (Lipinski definition) is 7. The molecule has 10 heteroatoms. The van der Waals surface area contributed by atoms with Crippen LogP contribution >= 0.6 is 7.82 Å². The van der Waals surface area contributed by atoms with E-state index >= 15 is 0 Å². The molecule has 9 nitrogen and oxygen atoms in total. The van der Waals surface area contributed by atoms with E-state index < -0.39 is 32.5 Å². The third-order valence-electron chi connectivity index (χ3n) is 8.90. The van der Waals surface area contributed by atoms with Gasteiger partial charge < -0.3 is 18.9 Å². The average molecular weight is 833 g/mol. The summed E-state index contributed by atoms with van der Waals surface area (Å²) in [5, 5.41) is 0. The number of unbranched alkanes of at least 4 members (excludes halogenated alkanes) is 11. The van der Waals surface area contributed by atoms with Gasteiger partial charge in [-0.1, -0.05) is 144 Å². The number of rotatable bonds is 39. The lowest BCUT2D eigenvalue weighted by Gasteiger charge is -2.24. The van der Waals surface area contributed by atoms with Crippen LogP contribution in [0.25, 0.3) is 0 Å². The van der Waals surface area contributed by atoms with Gasteiger partial charge >= 0.3 is 19.8 Å². The summed E-state index contributed by atoms with van der Waals surface area (Å²) in [6.45, 7) is 4.24. The molecule has 0 aliphatic heterocycles. The molecule has 0 saturated heterocycles. The molecule has 0 radical (unpaired) electrons. The Morgan fingerprint density at radius 3 is 1.41 bits per heavy atom. The standard InChI is InChI=1S/C48H82NO8P/c1-6-8-10-12-14-16-18-20-22-24-26-28-30-32-34-36-38-40-47(50)54-44-46(45-56-58(52,53)55-43-42-49(3,4)5)57-48(51)41-39-37-35-33-31-29-27-25-23-21-19-17-15-13-11-9-7-2/h15,17,20-23,26-29,32-35,46H,6-14,16,18-19,24-25,30-31,36-45H2,1-5H3/p+1/b17-15-,22-20-,23-21-,28-26-,29-27-,34-32-,35-33-/t46-/m1/s1. The van der Waals surface area contributed by atoms with E-state index in [1.54, 1.807) is 0 Å². The SMILES string of the molecule is CCCCC/C=C\C/C=C\C/C=C\C/C=C\CCCC(=O)O[C@H](COC(=O)CCC/C=C\C/C=C\C/C=C\CCCCCCCC)COP(=O)(O)OCC[N+](C)(C)C. The highest BCUT2D eigenvalue weighted by molar-refractivity contribution is 7.47. The molecule has 58 heavy (non-hydrogen) atoms. The van der Waals surface area contributed by atoms with Crippen LogP contribution in [0.2, 0.25) is 0 Å². The highest BCUT2D eigenvalue weighted by atomic mass is 31.2. The summed E-state index contributed by atoms with van der Waals surface area (Å²) in [5.74, 6) is -0.934. The van der Waals surface area contributed by atoms with Crippen LogP contribution in [-0.4, -0.2) is 74.9 Å². The normalized spacial score (nSPS) is 14.4. The zero-order valence-corrected chi connectivity index (χ0v) is 38.1. The second kappa shape index (κ2) is 39.6. The number of likely N-dealkylation sites (N-methyl/N-ethyl adjacent to an activating group) is 1. The quantitative estimate of drug-likeness (QED) is 0.0214. The molecular weight excluding hydrogens is 750 g/mol. The molecule has 1 N–H and O–H groups in total. The Morgan fingerprint density at radius 2 is 0.931 bits per heavy atom. The van der Waals surface area contributed by atoms with E-state index in [1.807, 2.05) is 27.2 Å². The Bertz CT molecular complexity index is 1260. The van der Waals surface area contributed by atoms with Gasteiger partial charge in [0.15, 0.2) is 6.10 Å². The number of ether oxygens (including phenoxy) is 2. The maximum Gasteiger partial charge on any atom is 0.472 e. The fourth-order valence-corrected chi connectivity index (χ4v) is 6.11. The first-order valence-electron chi connectivity index (χ1n) is 22.3. The molecule has 0 saturated carbocycles. The maximum absolute atomic E-state index is 12.7. The molecule has 2 atom stereocenters. The zero-order valence-electron chi connectivity index (χ0n) is 37.2. The number of esters is 2. The second-order valence-electron chi connectivity index (χ2n) is 15.7. The van der Waals surface area contributed by atoms with Crippen LogP contribution in [0, 0.1) is 0 Å². The largest absolute Gasteiger partial charge is 0.472 e. The molecule has 0 bridgehead atoms. The lowest BCUT2D eigenvalue weighted by molar-refractivity contribution is -0.870. The van der Waals surface area contributed by atoms with Gasteiger partial charge in [0.25, 0.3) is 0 Å². The van der Waals surface area contributed by atoms with E-state index in [1.165, 1.54) is 64.2 Å². The molecule has 0 spiro atoms. The van der Waals surface area contributed by atoms with Crippen LogP contribution in [0.15, 0.2) is 85.1 Å². The van der Waals surface area contributed by atoms with Crippen LogP contribution in [0.5, 0.6) is 0 Å². The van der Waals surface area contributed by atoms with E-state index in [0.29, 0.717) is 30.3 Å². The van der Waals surface area contributed by atoms with E-state index in [-0.39, 0.29) is 26.1 Å². The lowest BCUT2D eigenvalue weighted by Crippen LogP contribution is -2.37. The van der Waals surface area contributed by atoms with E-state index in [4.69, 9.17) is 18.5 Å². The molecule has 332 valence electrons. The first-order valence-corrected chi connectivity index (χ1v) is 23.8. The Kier molecular flexibility index (Phi) is 37.7. The van der Waals surface area contributed by atoms with Gasteiger partial charge in [0.2, 0.25) is 0 Å². The average Bonchev–Trinajstić information content (AvgIpc) is 3.17. The Morgan fingerprint density at radius 1 is 0.534 bits per heavy atom. The first kappa shape index (κ1) is 55.2. The van der Waals surface area contributed by atoms with Gasteiger partial charge in [-0.05, 0) is 83.5 Å². The molecule has 1 unspecified atom stereocenters. The minimum atomic E-state index is -4.41. The first-order chi connectivity index (χ1) is 28.0. The van der Waals surface area contributed by atoms with Crippen molar-refractivity contribution in [3.63, 3.8) is 0 Å². The van der Waals surface area contributed by atoms with Gasteiger partial charge in [-0.15, -0.1) is 0 Å². The highest BCUT2D eigenvalue weighted by Crippen LogP contribution is 2.43. The number of carbonyl (C=O) groups is 2. The van der Waals surface area contributed by atoms with Crippen molar-refractivity contribution in [3.05, 3.63) is 85.1 Å². The predicted octanol–water partition coefficient (Wildman–Crippen LogP) is 12.8. The number of carbonyl (C=O) groups excluding carboxylic acids is 2. The van der Waals surface area contributed by atoms with Crippen LogP contribution in [0.4, 0.5) is 0 Å². The van der Waals surface area contributed by atoms with E-state index in [2.05, 4.69) is 92.8 Å². The smallest absolute Gasteiger partial charge is 0.462 e. The van der Waals surface area contributed by atoms with Gasteiger partial charge in [-0.2, -0.15) is 0 Å². The van der Waals surface area contributed by atoms with E-state index in [9.17, 15) is 19.0 Å². The summed E-state index contributed by atoms with van der Waals surface area (Å²) in [4.78, 5) is 35.3. The maximum atomic E-state index is 12.7. The van der Waals surface area contributed by atoms with Crippen molar-refractivity contribution in [2.75, 3.05) is 47.5 Å². The molecule has 0 rings (SSSR count). The Labute approximate surface area is 354 Å². The third-order valence-corrected chi connectivity index (χ3v) is 9.88. The van der Waals surface area contributed by atoms with Gasteiger partial charge in [0, 0.05) is 12.8 Å². The summed E-state index contributed by atoms with van der Waals surface area (Å²) in [6.07, 6.45) is 50.8. The van der Waals surface area contributed by atoms with Gasteiger partial charge in [0.1, 0.15) is 19.8 Å². The summed E-state index contributed by atoms with van der Waals surface area (Å²) in [6, 6.07) is 0. The number of quaternary nitrogens is 1. The second-order valence-corrected chi connectivity index (χ2v) is 17.2. The summed E-state index contributed by atoms with van der Waals surface area (Å²) in [7, 11) is 1.40. The van der Waals surface area contributed by atoms with Crippen molar-refractivity contribution in [1.82, 2.24) is 0 Å². The van der Waals surface area contributed by atoms with E-state index in [0.717, 1.165) is 44.9 Å². The molecular formula is C48H83NO8P+. The predicted molar refractivity (Wildman–Crippen MR) is 242 cm³/mol. The zero-order chi connectivity index (χ0) is 42.8. The topological polar surface area (TPSA) is 108 Å². The monoisotopic (exact) mass is 833 g/mol. The van der Waals surface area contributed by atoms with Crippen LogP contribution in [0.3, 0.4) is 0 Å². The van der Waals surface area contributed by atoms with Gasteiger partial charge in [0.05, 0.1) is 27.7 Å². The fraction of sp³-hybridized carbons (Fsp3) is 0.667. The molecule has 0 aromatic carbocycles. The van der Waals surface area contributed by atoms with Crippen LogP contribution in [0.1, 0.15) is 155 Å². The number of phosphoric acid groups is 1.